The smallest absolute Gasteiger partial charge is 0.405 e. The van der Waals surface area contributed by atoms with Crippen molar-refractivity contribution in [2.24, 2.45) is 0 Å². The lowest BCUT2D eigenvalue weighted by Gasteiger charge is -2.30. The van der Waals surface area contributed by atoms with Crippen LogP contribution in [0.4, 0.5) is 58.4 Å². The fraction of sp³-hybridized carbons (Fsp3) is 0.341. The van der Waals surface area contributed by atoms with Gasteiger partial charge in [-0.25, -0.2) is 68.6 Å². The zero-order valence-electron chi connectivity index (χ0n) is 70.9. The number of rotatable bonds is 24. The van der Waals surface area contributed by atoms with Gasteiger partial charge in [0.2, 0.25) is 23.6 Å². The number of halogens is 12. The Balaban J connectivity index is 0.000000147. The third-order valence-electron chi connectivity index (χ3n) is 21.1. The molecule has 4 amide bonds. The molecule has 14 aromatic rings. The van der Waals surface area contributed by atoms with Crippen LogP contribution >= 0.6 is 46.4 Å². The van der Waals surface area contributed by atoms with Crippen molar-refractivity contribution in [2.75, 3.05) is 81.7 Å². The van der Waals surface area contributed by atoms with Crippen molar-refractivity contribution < 1.29 is 73.2 Å². The molecule has 44 heteroatoms. The van der Waals surface area contributed by atoms with Gasteiger partial charge in [0.25, 0.3) is 0 Å². The molecule has 0 radical (unpaired) electrons. The maximum Gasteiger partial charge on any atom is 0.405 e. The summed E-state index contributed by atoms with van der Waals surface area (Å²) in [6.07, 6.45) is 9.17. The number of pyridine rings is 4. The maximum absolute atomic E-state index is 14.7. The molecule has 2 aromatic carbocycles. The molecule has 678 valence electrons. The Morgan fingerprint density at radius 1 is 0.473 bits per heavy atom. The number of hydrogen-bond acceptors (Lipinski definition) is 24. The summed E-state index contributed by atoms with van der Waals surface area (Å²) in [5, 5.41) is 21.8. The minimum Gasteiger partial charge on any atom is -0.493 e. The molecule has 10 N–H and O–H groups in total. The monoisotopic (exact) mass is 1860 g/mol. The van der Waals surface area contributed by atoms with Gasteiger partial charge in [-0.2, -0.15) is 26.3 Å². The van der Waals surface area contributed by atoms with Crippen molar-refractivity contribution in [3.63, 3.8) is 0 Å². The number of aromatic nitrogens is 16. The molecule has 14 heterocycles. The number of H-pyrrole nitrogens is 4. The number of aromatic amines is 4. The van der Waals surface area contributed by atoms with Crippen LogP contribution in [-0.2, 0) is 19.2 Å². The summed E-state index contributed by atoms with van der Waals surface area (Å²) in [5.74, 6) is 1.88. The van der Waals surface area contributed by atoms with E-state index < -0.39 is 72.9 Å². The minimum absolute atomic E-state index is 0.0107. The third kappa shape index (κ3) is 21.2. The SMILES string of the molecule is CCNC(=O)C(C)(C)Nc1nc(-c2c[nH]c3ncc(Cl)cc23)nc2cc(OC)c(OC)cc12.CC[C@H]1CC[C@H](C(=O)NCC(F)(F)F)N1c1ccnc(-c2c[nH]c3ncc(Cl)cc23)n1.COc1cc2nc(-c3c[nH]c4ncc(Cl)cc34)nc(NC(C)(C)C(=O)NCCF)c2cc1OC.C[C@H]1CC[C@H](C(=O)NCC(F)(F)F)N1c1nc(-c2c[nH]c3ncc(Cl)cc23)ncc1F. The van der Waals surface area contributed by atoms with Gasteiger partial charge in [-0.05, 0) is 116 Å². The molecular weight excluding hydrogens is 1780 g/mol. The van der Waals surface area contributed by atoms with Gasteiger partial charge in [0.15, 0.2) is 57.9 Å². The molecule has 129 heavy (non-hydrogen) atoms. The van der Waals surface area contributed by atoms with Gasteiger partial charge >= 0.3 is 12.4 Å². The van der Waals surface area contributed by atoms with Crippen LogP contribution in [0.3, 0.4) is 0 Å². The number of fused-ring (bicyclic) bond motifs is 6. The number of ether oxygens (including phenoxy) is 4. The van der Waals surface area contributed by atoms with Gasteiger partial charge in [0.05, 0.1) is 65.8 Å². The second-order valence-corrected chi connectivity index (χ2v) is 32.5. The summed E-state index contributed by atoms with van der Waals surface area (Å²) < 4.78 is 124. The molecule has 16 rings (SSSR count). The highest BCUT2D eigenvalue weighted by molar-refractivity contribution is 6.32. The number of nitrogens with one attached hydrogen (secondary N) is 10. The van der Waals surface area contributed by atoms with Crippen molar-refractivity contribution in [2.45, 2.75) is 128 Å². The molecule has 12 aromatic heterocycles. The first-order valence-corrected chi connectivity index (χ1v) is 41.7. The van der Waals surface area contributed by atoms with Gasteiger partial charge in [-0.15, -0.1) is 0 Å². The highest BCUT2D eigenvalue weighted by atomic mass is 35.5. The van der Waals surface area contributed by atoms with E-state index in [9.17, 15) is 54.3 Å². The normalized spacial score (nSPS) is 15.2. The molecule has 0 spiro atoms. The Hall–Kier alpha value is -13.1. The van der Waals surface area contributed by atoms with Crippen molar-refractivity contribution in [1.82, 2.24) is 101 Å². The predicted molar refractivity (Wildman–Crippen MR) is 475 cm³/mol. The summed E-state index contributed by atoms with van der Waals surface area (Å²) in [5.41, 5.74) is 4.24. The van der Waals surface area contributed by atoms with Crippen molar-refractivity contribution in [1.29, 1.82) is 0 Å². The van der Waals surface area contributed by atoms with E-state index in [0.29, 0.717) is 170 Å². The largest absolute Gasteiger partial charge is 0.493 e. The number of carbonyl (C=O) groups is 4. The van der Waals surface area contributed by atoms with E-state index in [0.717, 1.165) is 34.3 Å². The van der Waals surface area contributed by atoms with Gasteiger partial charge in [0, 0.05) is 148 Å². The number of hydrogen-bond donors (Lipinski definition) is 10. The maximum atomic E-state index is 14.7. The first-order valence-electron chi connectivity index (χ1n) is 40.1. The van der Waals surface area contributed by atoms with Crippen LogP contribution < -0.4 is 60.6 Å². The molecule has 0 bridgehead atoms. The lowest BCUT2D eigenvalue weighted by Crippen LogP contribution is -2.48. The van der Waals surface area contributed by atoms with Crippen molar-refractivity contribution in [3.8, 4) is 68.5 Å². The number of methoxy groups -OCH3 is 4. The fourth-order valence-corrected chi connectivity index (χ4v) is 15.5. The number of anilines is 4. The van der Waals surface area contributed by atoms with E-state index >= 15 is 0 Å². The molecule has 2 fully saturated rings. The van der Waals surface area contributed by atoms with E-state index in [1.165, 1.54) is 31.5 Å². The Morgan fingerprint density at radius 3 is 1.27 bits per heavy atom. The lowest BCUT2D eigenvalue weighted by atomic mass is 10.0. The van der Waals surface area contributed by atoms with E-state index in [1.807, 2.05) is 30.5 Å². The summed E-state index contributed by atoms with van der Waals surface area (Å²) in [7, 11) is 6.20. The molecule has 0 saturated carbocycles. The van der Waals surface area contributed by atoms with Gasteiger partial charge < -0.3 is 80.6 Å². The molecule has 0 aliphatic carbocycles. The standard InChI is InChI=1S/C23H24ClFN6O3.C23H25ClN6O3.C20H20ClF3N6O.C19H17ClF4N6O/c1-23(2,22(32)26-6-5-25)31-21-14-8-17(33-3)18(34-4)9-16(14)29-20(30-21)15-11-28-19-13(15)7-12(24)10-27-19;1-6-25-22(31)23(2,3)30-21-14-8-17(32-4)18(33-5)9-16(14)28-20(29-21)15-11-27-19-13(15)7-12(24)10-26-19;1-2-12-3-4-15(19(31)28-10-20(22,23)24)30(12)16-5-6-25-18(29-16)14-9-27-17-13(14)7-11(21)8-26-17;1-9-2-3-14(18(31)28-8-19(22,23)24)30(9)17-13(21)7-27-16(29-17)12-6-26-15-11(12)4-10(20)5-25-15/h7-11H,5-6H2,1-4H3,(H,26,32)(H,27,28)(H,29,30,31);7-11H,6H2,1-5H3,(H,25,31)(H,26,27)(H,28,29,30);5-9,12,15H,2-4,10H2,1H3,(H,26,27)(H,28,31);4-7,9,14H,2-3,8H2,1H3,(H,25,26)(H,28,31)/t;;12-,15+;9-,14+/m..00/s1. The second-order valence-electron chi connectivity index (χ2n) is 30.7. The summed E-state index contributed by atoms with van der Waals surface area (Å²) in [6.45, 7) is 9.54. The van der Waals surface area contributed by atoms with Gasteiger partial charge in [-0.1, -0.05) is 53.3 Å². The quantitative estimate of drug-likeness (QED) is 0.0251. The minimum atomic E-state index is -4.54. The molecular formula is C85H86Cl4F8N24O8. The van der Waals surface area contributed by atoms with Crippen molar-refractivity contribution in [3.05, 3.63) is 142 Å². The Bertz CT molecular complexity index is 6500. The Labute approximate surface area is 750 Å². The second kappa shape index (κ2) is 39.3. The van der Waals surface area contributed by atoms with Crippen LogP contribution in [0.25, 0.3) is 111 Å². The van der Waals surface area contributed by atoms with Crippen LogP contribution in [-0.4, -0.2) is 212 Å². The highest BCUT2D eigenvalue weighted by Gasteiger charge is 2.42. The van der Waals surface area contributed by atoms with Gasteiger partial charge in [-0.3, -0.25) is 19.2 Å². The molecule has 4 atom stereocenters. The van der Waals surface area contributed by atoms with E-state index in [-0.39, 0.29) is 48.5 Å². The van der Waals surface area contributed by atoms with E-state index in [1.54, 1.807) is 146 Å². The third-order valence-corrected chi connectivity index (χ3v) is 21.9. The predicted octanol–water partition coefficient (Wildman–Crippen LogP) is 16.2. The molecule has 2 saturated heterocycles. The lowest BCUT2D eigenvalue weighted by molar-refractivity contribution is -0.139. The van der Waals surface area contributed by atoms with Crippen LogP contribution in [0.2, 0.25) is 20.1 Å². The molecule has 2 aliphatic rings. The van der Waals surface area contributed by atoms with Crippen LogP contribution in [0, 0.1) is 5.82 Å². The molecule has 2 aliphatic heterocycles. The average molecular weight is 1870 g/mol. The number of likely N-dealkylation sites (N-methyl/N-ethyl adjacent to an activating group) is 1. The number of carbonyl (C=O) groups excluding carboxylic acids is 4. The number of nitrogens with zero attached hydrogens (tertiary/aromatic N) is 14. The first kappa shape index (κ1) is 93.6. The number of alkyl halides is 7. The van der Waals surface area contributed by atoms with Crippen LogP contribution in [0.1, 0.15) is 80.6 Å². The first-order chi connectivity index (χ1) is 61.4. The highest BCUT2D eigenvalue weighted by Crippen LogP contribution is 2.43. The van der Waals surface area contributed by atoms with Crippen LogP contribution in [0.15, 0.2) is 117 Å². The molecule has 0 unspecified atom stereocenters. The summed E-state index contributed by atoms with van der Waals surface area (Å²) in [4.78, 5) is 119. The number of benzene rings is 2. The average Bonchev–Trinajstić information content (AvgIpc) is 1.75. The topological polar surface area (TPSA) is 402 Å². The number of amides is 4. The fourth-order valence-electron chi connectivity index (χ4n) is 14.9. The zero-order valence-corrected chi connectivity index (χ0v) is 73.9. The van der Waals surface area contributed by atoms with E-state index in [2.05, 4.69) is 81.1 Å². The Morgan fingerprint density at radius 2 is 0.868 bits per heavy atom. The summed E-state index contributed by atoms with van der Waals surface area (Å²) in [6, 6.07) is 13.7. The van der Waals surface area contributed by atoms with Gasteiger partial charge in [0.1, 0.15) is 83.0 Å². The zero-order chi connectivity index (χ0) is 92.7. The summed E-state index contributed by atoms with van der Waals surface area (Å²) >= 11 is 24.4. The van der Waals surface area contributed by atoms with E-state index in [4.69, 9.17) is 85.3 Å². The van der Waals surface area contributed by atoms with Crippen LogP contribution in [0.5, 0.6) is 23.0 Å². The van der Waals surface area contributed by atoms with Crippen molar-refractivity contribution >= 4 is 159 Å². The Kier molecular flexibility index (Phi) is 28.5. The molecule has 32 nitrogen and oxygen atoms in total.